The number of amides is 3. The molecule has 0 unspecified atom stereocenters. The predicted molar refractivity (Wildman–Crippen MR) is 65.9 cm³/mol. The summed E-state index contributed by atoms with van der Waals surface area (Å²) in [5.74, 6) is -0.197. The second-order valence-corrected chi connectivity index (χ2v) is 3.71. The summed E-state index contributed by atoms with van der Waals surface area (Å²) in [7, 11) is 3.27. The number of carbonyl (C=O) groups excluding carboxylic acids is 2. The Bertz CT molecular complexity index is 434. The predicted octanol–water partition coefficient (Wildman–Crippen LogP) is -0.940. The molecule has 0 saturated carbocycles. The molecule has 98 valence electrons. The number of urea groups is 1. The quantitative estimate of drug-likeness (QED) is 0.598. The number of nitrogen functional groups attached to an aromatic ring is 1. The first kappa shape index (κ1) is 13.7. The number of hydrogen-bond donors (Lipinski definition) is 3. The number of nitrogens with one attached hydrogen (secondary N) is 2. The van der Waals surface area contributed by atoms with Crippen molar-refractivity contribution in [3.63, 3.8) is 0 Å². The molecule has 0 spiro atoms. The lowest BCUT2D eigenvalue weighted by molar-refractivity contribution is 0.0948. The van der Waals surface area contributed by atoms with Gasteiger partial charge in [0.15, 0.2) is 0 Å². The summed E-state index contributed by atoms with van der Waals surface area (Å²) in [4.78, 5) is 31.7. The van der Waals surface area contributed by atoms with Crippen molar-refractivity contribution in [3.05, 3.63) is 18.1 Å². The molecule has 0 radical (unpaired) electrons. The van der Waals surface area contributed by atoms with E-state index in [1.807, 2.05) is 0 Å². The van der Waals surface area contributed by atoms with E-state index in [0.717, 1.165) is 0 Å². The molecule has 8 heteroatoms. The highest BCUT2D eigenvalue weighted by Gasteiger charge is 2.07. The van der Waals surface area contributed by atoms with Crippen molar-refractivity contribution in [2.45, 2.75) is 0 Å². The zero-order chi connectivity index (χ0) is 13.5. The molecule has 0 aliphatic carbocycles. The third-order valence-electron chi connectivity index (χ3n) is 1.98. The van der Waals surface area contributed by atoms with Crippen molar-refractivity contribution in [1.82, 2.24) is 25.5 Å². The zero-order valence-corrected chi connectivity index (χ0v) is 10.3. The number of carbonyl (C=O) groups is 2. The Labute approximate surface area is 105 Å². The van der Waals surface area contributed by atoms with Gasteiger partial charge in [0.05, 0.1) is 12.4 Å². The van der Waals surface area contributed by atoms with Crippen LogP contribution in [0.3, 0.4) is 0 Å². The van der Waals surface area contributed by atoms with E-state index in [2.05, 4.69) is 20.6 Å². The highest BCUT2D eigenvalue weighted by molar-refractivity contribution is 5.92. The summed E-state index contributed by atoms with van der Waals surface area (Å²) in [6, 6.07) is -0.215. The van der Waals surface area contributed by atoms with Gasteiger partial charge in [0, 0.05) is 27.2 Å². The van der Waals surface area contributed by atoms with Crippen LogP contribution in [0.5, 0.6) is 0 Å². The molecule has 0 bridgehead atoms. The Hall–Kier alpha value is -2.38. The fraction of sp³-hybridized carbons (Fsp3) is 0.400. The molecule has 8 nitrogen and oxygen atoms in total. The van der Waals surface area contributed by atoms with Crippen LogP contribution in [0.15, 0.2) is 12.4 Å². The summed E-state index contributed by atoms with van der Waals surface area (Å²) in [6.45, 7) is 0.632. The van der Waals surface area contributed by atoms with Crippen LogP contribution in [0, 0.1) is 0 Å². The van der Waals surface area contributed by atoms with Crippen molar-refractivity contribution in [3.8, 4) is 0 Å². The van der Waals surface area contributed by atoms with Gasteiger partial charge in [0.1, 0.15) is 11.5 Å². The van der Waals surface area contributed by atoms with Crippen LogP contribution < -0.4 is 16.4 Å². The van der Waals surface area contributed by atoms with Gasteiger partial charge in [-0.2, -0.15) is 0 Å². The Morgan fingerprint density at radius 3 is 2.56 bits per heavy atom. The summed E-state index contributed by atoms with van der Waals surface area (Å²) in [5.41, 5.74) is 5.56. The van der Waals surface area contributed by atoms with Crippen LogP contribution in [-0.2, 0) is 0 Å². The molecule has 0 aromatic carbocycles. The van der Waals surface area contributed by atoms with E-state index in [4.69, 9.17) is 5.73 Å². The highest BCUT2D eigenvalue weighted by atomic mass is 16.2. The van der Waals surface area contributed by atoms with Gasteiger partial charge < -0.3 is 21.3 Å². The van der Waals surface area contributed by atoms with E-state index in [9.17, 15) is 9.59 Å². The molecule has 0 aliphatic heterocycles. The maximum atomic E-state index is 11.6. The van der Waals surface area contributed by atoms with Gasteiger partial charge in [-0.05, 0) is 0 Å². The molecule has 3 amide bonds. The molecule has 18 heavy (non-hydrogen) atoms. The Morgan fingerprint density at radius 2 is 1.94 bits per heavy atom. The maximum absolute atomic E-state index is 11.6. The average molecular weight is 252 g/mol. The third kappa shape index (κ3) is 4.24. The number of nitrogens with two attached hydrogens (primary N) is 1. The maximum Gasteiger partial charge on any atom is 0.316 e. The second-order valence-electron chi connectivity index (χ2n) is 3.71. The molecule has 0 fully saturated rings. The SMILES string of the molecule is CN(C)C(=O)NCCNC(=O)c1cncc(N)n1. The molecule has 1 heterocycles. The monoisotopic (exact) mass is 252 g/mol. The molecule has 0 aliphatic rings. The van der Waals surface area contributed by atoms with E-state index in [-0.39, 0.29) is 23.5 Å². The normalized spacial score (nSPS) is 9.67. The van der Waals surface area contributed by atoms with Crippen LogP contribution in [-0.4, -0.2) is 54.0 Å². The van der Waals surface area contributed by atoms with E-state index in [0.29, 0.717) is 13.1 Å². The van der Waals surface area contributed by atoms with E-state index >= 15 is 0 Å². The number of hydrogen-bond acceptors (Lipinski definition) is 5. The van der Waals surface area contributed by atoms with Gasteiger partial charge in [-0.15, -0.1) is 0 Å². The third-order valence-corrected chi connectivity index (χ3v) is 1.98. The first-order valence-corrected chi connectivity index (χ1v) is 5.31. The first-order chi connectivity index (χ1) is 8.50. The summed E-state index contributed by atoms with van der Waals surface area (Å²) < 4.78 is 0. The van der Waals surface area contributed by atoms with Gasteiger partial charge in [-0.25, -0.2) is 9.78 Å². The highest BCUT2D eigenvalue weighted by Crippen LogP contribution is 1.96. The molecule has 0 saturated heterocycles. The molecule has 0 atom stereocenters. The minimum atomic E-state index is -0.381. The van der Waals surface area contributed by atoms with Crippen LogP contribution in [0.1, 0.15) is 10.5 Å². The Kier molecular flexibility index (Phi) is 4.85. The van der Waals surface area contributed by atoms with Gasteiger partial charge >= 0.3 is 6.03 Å². The van der Waals surface area contributed by atoms with Crippen molar-refractivity contribution in [1.29, 1.82) is 0 Å². The number of nitrogens with zero attached hydrogens (tertiary/aromatic N) is 3. The molecule has 1 aromatic rings. The van der Waals surface area contributed by atoms with E-state index < -0.39 is 0 Å². The van der Waals surface area contributed by atoms with Crippen LogP contribution in [0.2, 0.25) is 0 Å². The lowest BCUT2D eigenvalue weighted by atomic mass is 10.4. The Morgan fingerprint density at radius 1 is 1.28 bits per heavy atom. The van der Waals surface area contributed by atoms with Crippen molar-refractivity contribution in [2.24, 2.45) is 0 Å². The molecule has 4 N–H and O–H groups in total. The minimum Gasteiger partial charge on any atom is -0.382 e. The smallest absolute Gasteiger partial charge is 0.316 e. The zero-order valence-electron chi connectivity index (χ0n) is 10.3. The summed E-state index contributed by atoms with van der Waals surface area (Å²) >= 11 is 0. The fourth-order valence-corrected chi connectivity index (χ4v) is 1.08. The van der Waals surface area contributed by atoms with Gasteiger partial charge in [-0.3, -0.25) is 9.78 Å². The van der Waals surface area contributed by atoms with E-state index in [1.165, 1.54) is 17.3 Å². The van der Waals surface area contributed by atoms with Crippen LogP contribution in [0.25, 0.3) is 0 Å². The summed E-state index contributed by atoms with van der Waals surface area (Å²) in [6.07, 6.45) is 2.68. The van der Waals surface area contributed by atoms with Crippen molar-refractivity contribution < 1.29 is 9.59 Å². The standard InChI is InChI=1S/C10H16N6O2/c1-16(2)10(18)14-4-3-13-9(17)7-5-12-6-8(11)15-7/h5-6H,3-4H2,1-2H3,(H2,11,15)(H,13,17)(H,14,18). The number of aromatic nitrogens is 2. The lowest BCUT2D eigenvalue weighted by Gasteiger charge is -2.12. The fourth-order valence-electron chi connectivity index (χ4n) is 1.08. The van der Waals surface area contributed by atoms with Crippen LogP contribution >= 0.6 is 0 Å². The number of anilines is 1. The molecular formula is C10H16N6O2. The first-order valence-electron chi connectivity index (χ1n) is 5.31. The van der Waals surface area contributed by atoms with Gasteiger partial charge in [0.2, 0.25) is 0 Å². The van der Waals surface area contributed by atoms with Gasteiger partial charge in [-0.1, -0.05) is 0 Å². The van der Waals surface area contributed by atoms with Gasteiger partial charge in [0.25, 0.3) is 5.91 Å². The molecular weight excluding hydrogens is 236 g/mol. The lowest BCUT2D eigenvalue weighted by Crippen LogP contribution is -2.39. The summed E-state index contributed by atoms with van der Waals surface area (Å²) in [5, 5.41) is 5.20. The van der Waals surface area contributed by atoms with Crippen molar-refractivity contribution >= 4 is 17.8 Å². The van der Waals surface area contributed by atoms with E-state index in [1.54, 1.807) is 14.1 Å². The molecule has 1 rings (SSSR count). The average Bonchev–Trinajstić information content (AvgIpc) is 2.33. The second kappa shape index (κ2) is 6.38. The largest absolute Gasteiger partial charge is 0.382 e. The van der Waals surface area contributed by atoms with Crippen LogP contribution in [0.4, 0.5) is 10.6 Å². The number of rotatable bonds is 4. The Balaban J connectivity index is 2.32. The topological polar surface area (TPSA) is 113 Å². The molecule has 1 aromatic heterocycles. The van der Waals surface area contributed by atoms with Crippen molar-refractivity contribution in [2.75, 3.05) is 32.9 Å². The minimum absolute atomic E-state index is 0.147.